The molecule has 0 saturated carbocycles. The molecule has 1 aliphatic rings. The number of nitrogens with zero attached hydrogens (tertiary/aromatic N) is 1. The summed E-state index contributed by atoms with van der Waals surface area (Å²) in [6.07, 6.45) is 8.28. The highest BCUT2D eigenvalue weighted by molar-refractivity contribution is 5.92. The summed E-state index contributed by atoms with van der Waals surface area (Å²) < 4.78 is 0. The van der Waals surface area contributed by atoms with E-state index in [2.05, 4.69) is 53.4 Å². The predicted molar refractivity (Wildman–Crippen MR) is 89.3 cm³/mol. The van der Waals surface area contributed by atoms with Gasteiger partial charge in [0.05, 0.1) is 12.6 Å². The number of hydrogen-bond donors (Lipinski definition) is 0. The number of rotatable bonds is 4. The Bertz CT molecular complexity index is 673. The number of hydrogen-bond acceptors (Lipinski definition) is 2. The molecule has 0 amide bonds. The third-order valence-corrected chi connectivity index (χ3v) is 3.87. The number of carbonyl (C=O) groups excluding carboxylic acids is 1. The topological polar surface area (TPSA) is 20.3 Å². The van der Waals surface area contributed by atoms with Gasteiger partial charge in [-0.15, -0.1) is 0 Å². The molecule has 0 aromatic heterocycles. The first kappa shape index (κ1) is 14.3. The fourth-order valence-electron chi connectivity index (χ4n) is 2.76. The van der Waals surface area contributed by atoms with Crippen LogP contribution >= 0.6 is 0 Å². The monoisotopic (exact) mass is 289 g/mol. The average molecular weight is 289 g/mol. The lowest BCUT2D eigenvalue weighted by atomic mass is 9.97. The van der Waals surface area contributed by atoms with Crippen LogP contribution in [0.4, 0.5) is 0 Å². The van der Waals surface area contributed by atoms with Gasteiger partial charge in [0.25, 0.3) is 0 Å². The molecule has 0 unspecified atom stereocenters. The van der Waals surface area contributed by atoms with Crippen LogP contribution in [0.25, 0.3) is 0 Å². The Morgan fingerprint density at radius 1 is 0.909 bits per heavy atom. The second-order valence-electron chi connectivity index (χ2n) is 5.46. The Morgan fingerprint density at radius 2 is 1.59 bits per heavy atom. The standard InChI is InChI=1S/C20H19NO/c22-19-13-7-8-14-21(16-19)20(18-11-5-2-6-12-18)15-17-9-3-1-4-10-17/h1-14,20H,15-16H2/t20-/m0/s1. The highest BCUT2D eigenvalue weighted by Gasteiger charge is 2.20. The summed E-state index contributed by atoms with van der Waals surface area (Å²) in [4.78, 5) is 14.0. The molecule has 3 rings (SSSR count). The lowest BCUT2D eigenvalue weighted by Gasteiger charge is -2.30. The van der Waals surface area contributed by atoms with Crippen molar-refractivity contribution in [2.24, 2.45) is 0 Å². The van der Waals surface area contributed by atoms with Gasteiger partial charge in [-0.25, -0.2) is 0 Å². The first-order valence-corrected chi connectivity index (χ1v) is 7.55. The van der Waals surface area contributed by atoms with Crippen LogP contribution in [0.5, 0.6) is 0 Å². The summed E-state index contributed by atoms with van der Waals surface area (Å²) >= 11 is 0. The summed E-state index contributed by atoms with van der Waals surface area (Å²) in [7, 11) is 0. The van der Waals surface area contributed by atoms with Crippen LogP contribution in [0, 0.1) is 0 Å². The molecular weight excluding hydrogens is 270 g/mol. The maximum absolute atomic E-state index is 11.9. The van der Waals surface area contributed by atoms with Crippen molar-refractivity contribution in [1.29, 1.82) is 0 Å². The van der Waals surface area contributed by atoms with Gasteiger partial charge in [-0.2, -0.15) is 0 Å². The molecule has 0 aliphatic carbocycles. The number of carbonyl (C=O) groups is 1. The Hall–Kier alpha value is -2.61. The smallest absolute Gasteiger partial charge is 0.174 e. The first-order chi connectivity index (χ1) is 10.8. The second-order valence-corrected chi connectivity index (χ2v) is 5.46. The van der Waals surface area contributed by atoms with Crippen LogP contribution in [-0.4, -0.2) is 17.2 Å². The predicted octanol–water partition coefficient (Wildman–Crippen LogP) is 3.93. The molecule has 0 bridgehead atoms. The number of allylic oxidation sites excluding steroid dienone is 2. The van der Waals surface area contributed by atoms with Crippen LogP contribution < -0.4 is 0 Å². The summed E-state index contributed by atoms with van der Waals surface area (Å²) in [5.74, 6) is 0.138. The lowest BCUT2D eigenvalue weighted by molar-refractivity contribution is -0.115. The van der Waals surface area contributed by atoms with E-state index in [0.29, 0.717) is 6.54 Å². The Labute approximate surface area is 131 Å². The van der Waals surface area contributed by atoms with Gasteiger partial charge in [-0.3, -0.25) is 4.79 Å². The van der Waals surface area contributed by atoms with E-state index in [-0.39, 0.29) is 11.8 Å². The van der Waals surface area contributed by atoms with E-state index in [4.69, 9.17) is 0 Å². The molecule has 2 aromatic carbocycles. The average Bonchev–Trinajstić information content (AvgIpc) is 2.79. The van der Waals surface area contributed by atoms with Crippen molar-refractivity contribution in [3.05, 3.63) is 96.2 Å². The number of ketones is 1. The largest absolute Gasteiger partial charge is 0.362 e. The van der Waals surface area contributed by atoms with Gasteiger partial charge in [0.15, 0.2) is 5.78 Å². The minimum atomic E-state index is 0.138. The van der Waals surface area contributed by atoms with Gasteiger partial charge in [0.1, 0.15) is 0 Å². The van der Waals surface area contributed by atoms with E-state index in [0.717, 1.165) is 6.42 Å². The van der Waals surface area contributed by atoms with Gasteiger partial charge in [-0.05, 0) is 29.7 Å². The molecule has 0 radical (unpaired) electrons. The molecule has 110 valence electrons. The van der Waals surface area contributed by atoms with Gasteiger partial charge >= 0.3 is 0 Å². The summed E-state index contributed by atoms with van der Waals surface area (Å²) in [6.45, 7) is 0.416. The van der Waals surface area contributed by atoms with E-state index >= 15 is 0 Å². The van der Waals surface area contributed by atoms with Crippen molar-refractivity contribution in [3.63, 3.8) is 0 Å². The van der Waals surface area contributed by atoms with E-state index in [1.54, 1.807) is 6.08 Å². The molecule has 22 heavy (non-hydrogen) atoms. The number of benzene rings is 2. The fourth-order valence-corrected chi connectivity index (χ4v) is 2.76. The molecule has 0 saturated heterocycles. The Morgan fingerprint density at radius 3 is 2.32 bits per heavy atom. The molecule has 1 aliphatic heterocycles. The van der Waals surface area contributed by atoms with E-state index in [1.165, 1.54) is 11.1 Å². The van der Waals surface area contributed by atoms with Crippen molar-refractivity contribution in [3.8, 4) is 0 Å². The zero-order valence-corrected chi connectivity index (χ0v) is 12.4. The zero-order chi connectivity index (χ0) is 15.2. The third kappa shape index (κ3) is 3.53. The van der Waals surface area contributed by atoms with Crippen LogP contribution in [0.2, 0.25) is 0 Å². The molecule has 0 spiro atoms. The van der Waals surface area contributed by atoms with E-state index in [9.17, 15) is 4.79 Å². The summed E-state index contributed by atoms with van der Waals surface area (Å²) in [6, 6.07) is 21.0. The van der Waals surface area contributed by atoms with Crippen LogP contribution in [0.3, 0.4) is 0 Å². The van der Waals surface area contributed by atoms with Gasteiger partial charge in [0, 0.05) is 6.20 Å². The van der Waals surface area contributed by atoms with Gasteiger partial charge in [-0.1, -0.05) is 66.7 Å². The van der Waals surface area contributed by atoms with Crippen molar-refractivity contribution in [1.82, 2.24) is 4.90 Å². The van der Waals surface area contributed by atoms with Crippen molar-refractivity contribution in [2.45, 2.75) is 12.5 Å². The minimum Gasteiger partial charge on any atom is -0.362 e. The maximum Gasteiger partial charge on any atom is 0.174 e. The zero-order valence-electron chi connectivity index (χ0n) is 12.4. The lowest BCUT2D eigenvalue weighted by Crippen LogP contribution is -2.29. The molecule has 2 aromatic rings. The van der Waals surface area contributed by atoms with Crippen molar-refractivity contribution >= 4 is 5.78 Å². The van der Waals surface area contributed by atoms with E-state index < -0.39 is 0 Å². The minimum absolute atomic E-state index is 0.138. The molecule has 1 heterocycles. The summed E-state index contributed by atoms with van der Waals surface area (Å²) in [5, 5.41) is 0. The molecular formula is C20H19NO. The normalized spacial score (nSPS) is 15.6. The Kier molecular flexibility index (Phi) is 4.50. The highest BCUT2D eigenvalue weighted by atomic mass is 16.1. The van der Waals surface area contributed by atoms with Crippen LogP contribution in [0.15, 0.2) is 85.1 Å². The molecule has 0 fully saturated rings. The molecule has 1 atom stereocenters. The SMILES string of the molecule is O=C1C=CC=CN([C@@H](Cc2ccccc2)c2ccccc2)C1. The second kappa shape index (κ2) is 6.90. The first-order valence-electron chi connectivity index (χ1n) is 7.55. The van der Waals surface area contributed by atoms with E-state index in [1.807, 2.05) is 30.5 Å². The summed E-state index contributed by atoms with van der Waals surface area (Å²) in [5.41, 5.74) is 2.50. The highest BCUT2D eigenvalue weighted by Crippen LogP contribution is 2.26. The van der Waals surface area contributed by atoms with Gasteiger partial charge < -0.3 is 4.90 Å². The van der Waals surface area contributed by atoms with Crippen molar-refractivity contribution < 1.29 is 4.79 Å². The quantitative estimate of drug-likeness (QED) is 0.850. The third-order valence-electron chi connectivity index (χ3n) is 3.87. The molecule has 2 heteroatoms. The van der Waals surface area contributed by atoms with Gasteiger partial charge in [0.2, 0.25) is 0 Å². The molecule has 2 nitrogen and oxygen atoms in total. The van der Waals surface area contributed by atoms with Crippen LogP contribution in [-0.2, 0) is 11.2 Å². The molecule has 0 N–H and O–H groups in total. The van der Waals surface area contributed by atoms with Crippen molar-refractivity contribution in [2.75, 3.05) is 6.54 Å². The fraction of sp³-hybridized carbons (Fsp3) is 0.150. The Balaban J connectivity index is 1.91. The maximum atomic E-state index is 11.9. The van der Waals surface area contributed by atoms with Crippen LogP contribution in [0.1, 0.15) is 17.2 Å².